The summed E-state index contributed by atoms with van der Waals surface area (Å²) in [7, 11) is 0. The van der Waals surface area contributed by atoms with Crippen LogP contribution in [0.4, 0.5) is 20.4 Å². The molecule has 4 heterocycles. The Bertz CT molecular complexity index is 1400. The van der Waals surface area contributed by atoms with Crippen molar-refractivity contribution >= 4 is 17.2 Å². The van der Waals surface area contributed by atoms with E-state index >= 15 is 8.78 Å². The lowest BCUT2D eigenvalue weighted by molar-refractivity contribution is 0.141. The van der Waals surface area contributed by atoms with Crippen molar-refractivity contribution in [1.29, 1.82) is 0 Å². The smallest absolute Gasteiger partial charge is 0.229 e. The van der Waals surface area contributed by atoms with Crippen molar-refractivity contribution in [2.24, 2.45) is 5.73 Å². The molecule has 1 saturated heterocycles. The Balaban J connectivity index is 1.31. The fourth-order valence-electron chi connectivity index (χ4n) is 5.26. The standard InChI is InChI=1S/C27H28F2N6O2/c28-22-11-20(37-19-7-9-36-15-19)12-23(29)26(22)24-5-4-18-13-32-27(35(18)34-24)33-25-14-31-8-6-21(25)16-2-1-3-17(30)10-16/h4-6,8,11-14,16-17,19H,1-3,7,9-10,15,30H2,(H,32,33)/t16-,17+,19?/m1/s1. The minimum atomic E-state index is -0.751. The first-order chi connectivity index (χ1) is 18.0. The predicted octanol–water partition coefficient (Wildman–Crippen LogP) is 4.97. The van der Waals surface area contributed by atoms with E-state index in [1.54, 1.807) is 30.7 Å². The lowest BCUT2D eigenvalue weighted by Gasteiger charge is -2.28. The molecule has 0 bridgehead atoms. The van der Waals surface area contributed by atoms with Crippen molar-refractivity contribution in [3.63, 3.8) is 0 Å². The molecule has 6 rings (SSSR count). The highest BCUT2D eigenvalue weighted by atomic mass is 19.1. The second-order valence-corrected chi connectivity index (χ2v) is 9.71. The normalized spacial score (nSPS) is 21.9. The molecule has 1 aliphatic heterocycles. The van der Waals surface area contributed by atoms with E-state index in [1.807, 2.05) is 6.07 Å². The minimum Gasteiger partial charge on any atom is -0.488 e. The maximum absolute atomic E-state index is 15.1. The average Bonchev–Trinajstić information content (AvgIpc) is 3.54. The van der Waals surface area contributed by atoms with Gasteiger partial charge in [-0.25, -0.2) is 13.8 Å². The Morgan fingerprint density at radius 2 is 1.95 bits per heavy atom. The SMILES string of the molecule is N[C@H]1CCC[C@@H](c2ccncc2Nc2ncc3ccc(-c4c(F)cc(OC5CCOC5)cc4F)nn23)C1. The average molecular weight is 507 g/mol. The van der Waals surface area contributed by atoms with E-state index in [1.165, 1.54) is 16.6 Å². The van der Waals surface area contributed by atoms with Crippen LogP contribution in [-0.2, 0) is 4.74 Å². The van der Waals surface area contributed by atoms with E-state index in [9.17, 15) is 0 Å². The van der Waals surface area contributed by atoms with Crippen molar-refractivity contribution < 1.29 is 18.3 Å². The first-order valence-electron chi connectivity index (χ1n) is 12.6. The highest BCUT2D eigenvalue weighted by Gasteiger charge is 2.24. The van der Waals surface area contributed by atoms with Crippen molar-refractivity contribution in [2.45, 2.75) is 50.2 Å². The zero-order valence-corrected chi connectivity index (χ0v) is 20.2. The van der Waals surface area contributed by atoms with Crippen molar-refractivity contribution in [3.05, 3.63) is 66.1 Å². The van der Waals surface area contributed by atoms with Crippen LogP contribution in [0.2, 0.25) is 0 Å². The molecule has 192 valence electrons. The van der Waals surface area contributed by atoms with Gasteiger partial charge in [0.15, 0.2) is 0 Å². The Hall–Kier alpha value is -3.63. The van der Waals surface area contributed by atoms with E-state index in [4.69, 9.17) is 15.2 Å². The van der Waals surface area contributed by atoms with Gasteiger partial charge in [0.2, 0.25) is 5.95 Å². The van der Waals surface area contributed by atoms with Crippen LogP contribution < -0.4 is 15.8 Å². The van der Waals surface area contributed by atoms with Crippen LogP contribution in [0.3, 0.4) is 0 Å². The molecule has 37 heavy (non-hydrogen) atoms. The van der Waals surface area contributed by atoms with Gasteiger partial charge < -0.3 is 20.5 Å². The van der Waals surface area contributed by atoms with Gasteiger partial charge in [-0.2, -0.15) is 9.61 Å². The van der Waals surface area contributed by atoms with Crippen molar-refractivity contribution in [2.75, 3.05) is 18.5 Å². The third-order valence-electron chi connectivity index (χ3n) is 7.10. The van der Waals surface area contributed by atoms with Crippen LogP contribution >= 0.6 is 0 Å². The predicted molar refractivity (Wildman–Crippen MR) is 135 cm³/mol. The van der Waals surface area contributed by atoms with Gasteiger partial charge in [0.1, 0.15) is 23.5 Å². The molecule has 8 nitrogen and oxygen atoms in total. The summed E-state index contributed by atoms with van der Waals surface area (Å²) in [6, 6.07) is 7.87. The number of anilines is 2. The van der Waals surface area contributed by atoms with Gasteiger partial charge in [0.05, 0.1) is 48.1 Å². The largest absolute Gasteiger partial charge is 0.488 e. The lowest BCUT2D eigenvalue weighted by atomic mass is 9.81. The Kier molecular flexibility index (Phi) is 6.43. The summed E-state index contributed by atoms with van der Waals surface area (Å²) in [6.45, 7) is 0.986. The molecule has 2 aliphatic rings. The van der Waals surface area contributed by atoms with Crippen LogP contribution in [0.1, 0.15) is 43.6 Å². The van der Waals surface area contributed by atoms with Gasteiger partial charge >= 0.3 is 0 Å². The van der Waals surface area contributed by atoms with Crippen molar-refractivity contribution in [1.82, 2.24) is 19.6 Å². The maximum atomic E-state index is 15.1. The van der Waals surface area contributed by atoms with Gasteiger partial charge in [-0.1, -0.05) is 6.42 Å². The van der Waals surface area contributed by atoms with E-state index in [0.29, 0.717) is 37.0 Å². The lowest BCUT2D eigenvalue weighted by Crippen LogP contribution is -2.27. The topological polar surface area (TPSA) is 99.6 Å². The van der Waals surface area contributed by atoms with Crippen LogP contribution in [0.25, 0.3) is 16.8 Å². The number of hydrogen-bond donors (Lipinski definition) is 2. The number of rotatable bonds is 6. The second kappa shape index (κ2) is 10.0. The number of hydrogen-bond acceptors (Lipinski definition) is 7. The molecular formula is C27H28F2N6O2. The highest BCUT2D eigenvalue weighted by molar-refractivity contribution is 5.66. The Labute approximate surface area is 212 Å². The van der Waals surface area contributed by atoms with Gasteiger partial charge in [-0.05, 0) is 48.9 Å². The van der Waals surface area contributed by atoms with Gasteiger partial charge in [-0.3, -0.25) is 4.98 Å². The van der Waals surface area contributed by atoms with E-state index in [0.717, 1.165) is 36.9 Å². The number of ether oxygens (including phenoxy) is 2. The number of imidazole rings is 1. The molecule has 0 amide bonds. The molecule has 0 spiro atoms. The summed E-state index contributed by atoms with van der Waals surface area (Å²) in [5.41, 5.74) is 8.77. The molecule has 1 aliphatic carbocycles. The van der Waals surface area contributed by atoms with Crippen LogP contribution in [0, 0.1) is 11.6 Å². The zero-order valence-electron chi connectivity index (χ0n) is 20.2. The van der Waals surface area contributed by atoms with Gasteiger partial charge in [0.25, 0.3) is 0 Å². The van der Waals surface area contributed by atoms with Crippen LogP contribution in [-0.4, -0.2) is 44.9 Å². The second-order valence-electron chi connectivity index (χ2n) is 9.71. The fourth-order valence-corrected chi connectivity index (χ4v) is 5.26. The molecule has 4 aromatic rings. The third-order valence-corrected chi connectivity index (χ3v) is 7.10. The summed E-state index contributed by atoms with van der Waals surface area (Å²) in [6.07, 6.45) is 9.76. The molecule has 1 aromatic carbocycles. The number of fused-ring (bicyclic) bond motifs is 1. The van der Waals surface area contributed by atoms with Gasteiger partial charge in [0, 0.05) is 30.8 Å². The first-order valence-corrected chi connectivity index (χ1v) is 12.6. The number of aromatic nitrogens is 4. The number of nitrogens with zero attached hydrogens (tertiary/aromatic N) is 4. The zero-order chi connectivity index (χ0) is 25.4. The number of halogens is 2. The molecule has 2 fully saturated rings. The quantitative estimate of drug-likeness (QED) is 0.381. The van der Waals surface area contributed by atoms with Crippen molar-refractivity contribution in [3.8, 4) is 17.0 Å². The summed E-state index contributed by atoms with van der Waals surface area (Å²) in [4.78, 5) is 8.74. The number of nitrogens with one attached hydrogen (secondary N) is 1. The van der Waals surface area contributed by atoms with E-state index in [-0.39, 0.29) is 29.2 Å². The van der Waals surface area contributed by atoms with Gasteiger partial charge in [-0.15, -0.1) is 0 Å². The van der Waals surface area contributed by atoms with E-state index in [2.05, 4.69) is 20.4 Å². The molecule has 0 radical (unpaired) electrons. The molecule has 3 atom stereocenters. The monoisotopic (exact) mass is 506 g/mol. The summed E-state index contributed by atoms with van der Waals surface area (Å²) in [5, 5.41) is 7.85. The molecule has 3 aromatic heterocycles. The summed E-state index contributed by atoms with van der Waals surface area (Å²) >= 11 is 0. The maximum Gasteiger partial charge on any atom is 0.229 e. The van der Waals surface area contributed by atoms with E-state index < -0.39 is 11.6 Å². The molecule has 10 heteroatoms. The van der Waals surface area contributed by atoms with Crippen LogP contribution in [0.15, 0.2) is 48.9 Å². The molecular weight excluding hydrogens is 478 g/mol. The number of pyridine rings is 1. The minimum absolute atomic E-state index is 0.131. The molecule has 1 unspecified atom stereocenters. The number of nitrogens with two attached hydrogens (primary N) is 1. The highest BCUT2D eigenvalue weighted by Crippen LogP contribution is 2.37. The van der Waals surface area contributed by atoms with Crippen LogP contribution in [0.5, 0.6) is 5.75 Å². The molecule has 1 saturated carbocycles. The summed E-state index contributed by atoms with van der Waals surface area (Å²) in [5.74, 6) is -0.624. The fraction of sp³-hybridized carbons (Fsp3) is 0.370. The first kappa shape index (κ1) is 23.7. The summed E-state index contributed by atoms with van der Waals surface area (Å²) < 4.78 is 42.7. The number of benzene rings is 1. The Morgan fingerprint density at radius 1 is 1.08 bits per heavy atom. The Morgan fingerprint density at radius 3 is 2.73 bits per heavy atom. The molecule has 3 N–H and O–H groups in total. The third kappa shape index (κ3) is 4.86.